The number of hydrogen-bond donors (Lipinski definition) is 2. The van der Waals surface area contributed by atoms with Gasteiger partial charge in [-0.1, -0.05) is 24.9 Å². The average Bonchev–Trinajstić information content (AvgIpc) is 2.48. The molecule has 1 aromatic rings. The molecule has 0 spiro atoms. The maximum Gasteiger partial charge on any atom is 0.313 e. The van der Waals surface area contributed by atoms with E-state index in [-0.39, 0.29) is 0 Å². The Balaban J connectivity index is 2.26. The second-order valence-corrected chi connectivity index (χ2v) is 5.43. The van der Waals surface area contributed by atoms with E-state index >= 15 is 0 Å². The van der Waals surface area contributed by atoms with Crippen LogP contribution < -0.4 is 10.6 Å². The molecule has 1 aromatic carbocycles. The van der Waals surface area contributed by atoms with E-state index in [9.17, 15) is 9.59 Å². The number of ether oxygens (including phenoxy) is 1. The zero-order chi connectivity index (χ0) is 16.4. The van der Waals surface area contributed by atoms with Crippen molar-refractivity contribution in [3.8, 4) is 0 Å². The van der Waals surface area contributed by atoms with Crippen LogP contribution in [0.2, 0.25) is 5.02 Å². The number of rotatable bonds is 8. The number of amides is 2. The quantitative estimate of drug-likeness (QED) is 0.570. The minimum Gasteiger partial charge on any atom is -0.381 e. The van der Waals surface area contributed by atoms with Crippen molar-refractivity contribution in [2.75, 3.05) is 25.1 Å². The summed E-state index contributed by atoms with van der Waals surface area (Å²) in [5.74, 6) is -1.33. The third-order valence-corrected chi connectivity index (χ3v) is 3.27. The van der Waals surface area contributed by atoms with Crippen molar-refractivity contribution >= 4 is 29.1 Å². The Morgan fingerprint density at radius 1 is 1.18 bits per heavy atom. The predicted octanol–water partition coefficient (Wildman–Crippen LogP) is 2.91. The summed E-state index contributed by atoms with van der Waals surface area (Å²) in [6.45, 7) is 5.65. The molecule has 1 rings (SSSR count). The number of carbonyl (C=O) groups excluding carboxylic acids is 2. The Labute approximate surface area is 136 Å². The van der Waals surface area contributed by atoms with Crippen LogP contribution in [0.25, 0.3) is 0 Å². The molecule has 0 atom stereocenters. The molecule has 0 aliphatic rings. The number of nitrogens with one attached hydrogen (secondary N) is 2. The van der Waals surface area contributed by atoms with E-state index in [1.54, 1.807) is 18.2 Å². The van der Waals surface area contributed by atoms with Crippen LogP contribution in [0.15, 0.2) is 18.2 Å². The Kier molecular flexibility index (Phi) is 8.55. The van der Waals surface area contributed by atoms with Crippen molar-refractivity contribution in [3.05, 3.63) is 28.8 Å². The molecule has 0 saturated carbocycles. The van der Waals surface area contributed by atoms with Crippen LogP contribution in [-0.2, 0) is 14.3 Å². The van der Waals surface area contributed by atoms with Crippen molar-refractivity contribution in [3.63, 3.8) is 0 Å². The van der Waals surface area contributed by atoms with E-state index in [0.717, 1.165) is 25.0 Å². The van der Waals surface area contributed by atoms with Crippen LogP contribution in [-0.4, -0.2) is 31.6 Å². The number of anilines is 1. The van der Waals surface area contributed by atoms with E-state index in [4.69, 9.17) is 16.3 Å². The molecule has 0 radical (unpaired) electrons. The Hall–Kier alpha value is -1.59. The summed E-state index contributed by atoms with van der Waals surface area (Å²) < 4.78 is 5.37. The number of halogens is 1. The molecule has 0 saturated heterocycles. The van der Waals surface area contributed by atoms with Crippen molar-refractivity contribution in [2.45, 2.75) is 33.1 Å². The fraction of sp³-hybridized carbons (Fsp3) is 0.500. The highest BCUT2D eigenvalue weighted by molar-refractivity contribution is 6.39. The van der Waals surface area contributed by atoms with Gasteiger partial charge in [0.2, 0.25) is 0 Å². The smallest absolute Gasteiger partial charge is 0.313 e. The van der Waals surface area contributed by atoms with Gasteiger partial charge < -0.3 is 15.4 Å². The van der Waals surface area contributed by atoms with Gasteiger partial charge in [0.15, 0.2) is 0 Å². The van der Waals surface area contributed by atoms with Crippen LogP contribution in [0.3, 0.4) is 0 Å². The van der Waals surface area contributed by atoms with Crippen molar-refractivity contribution < 1.29 is 14.3 Å². The van der Waals surface area contributed by atoms with Gasteiger partial charge >= 0.3 is 11.8 Å². The van der Waals surface area contributed by atoms with Gasteiger partial charge in [-0.3, -0.25) is 9.59 Å². The highest BCUT2D eigenvalue weighted by Crippen LogP contribution is 2.19. The second kappa shape index (κ2) is 10.2. The van der Waals surface area contributed by atoms with Gasteiger partial charge in [0.05, 0.1) is 0 Å². The summed E-state index contributed by atoms with van der Waals surface area (Å²) >= 11 is 5.84. The van der Waals surface area contributed by atoms with Crippen molar-refractivity contribution in [1.29, 1.82) is 0 Å². The third kappa shape index (κ3) is 6.91. The molecule has 2 N–H and O–H groups in total. The molecule has 2 amide bonds. The average molecular weight is 327 g/mol. The van der Waals surface area contributed by atoms with E-state index in [1.165, 1.54) is 0 Å². The van der Waals surface area contributed by atoms with E-state index in [2.05, 4.69) is 17.6 Å². The molecule has 0 aliphatic heterocycles. The van der Waals surface area contributed by atoms with Gasteiger partial charge in [0.25, 0.3) is 0 Å². The Bertz CT molecular complexity index is 506. The summed E-state index contributed by atoms with van der Waals surface area (Å²) in [5.41, 5.74) is 1.38. The largest absolute Gasteiger partial charge is 0.381 e. The van der Waals surface area contributed by atoms with Crippen LogP contribution in [0.1, 0.15) is 31.7 Å². The number of hydrogen-bond acceptors (Lipinski definition) is 3. The third-order valence-electron chi connectivity index (χ3n) is 3.04. The number of carbonyl (C=O) groups is 2. The normalized spacial score (nSPS) is 10.3. The lowest BCUT2D eigenvalue weighted by atomic mass is 10.2. The van der Waals surface area contributed by atoms with Gasteiger partial charge in [-0.25, -0.2) is 0 Å². The minimum atomic E-state index is -0.683. The highest BCUT2D eigenvalue weighted by atomic mass is 35.5. The van der Waals surface area contributed by atoms with E-state index in [0.29, 0.717) is 30.3 Å². The first kappa shape index (κ1) is 18.5. The topological polar surface area (TPSA) is 67.4 Å². The fourth-order valence-corrected chi connectivity index (χ4v) is 1.98. The molecule has 0 aliphatic carbocycles. The monoisotopic (exact) mass is 326 g/mol. The Morgan fingerprint density at radius 3 is 2.59 bits per heavy atom. The van der Waals surface area contributed by atoms with Crippen molar-refractivity contribution in [1.82, 2.24) is 5.32 Å². The summed E-state index contributed by atoms with van der Waals surface area (Å²) in [7, 11) is 0. The zero-order valence-corrected chi connectivity index (χ0v) is 13.8. The number of unbranched alkanes of at least 4 members (excludes halogenated alkanes) is 1. The number of benzene rings is 1. The fourth-order valence-electron chi connectivity index (χ4n) is 1.75. The first-order valence-corrected chi connectivity index (χ1v) is 7.85. The van der Waals surface area contributed by atoms with Crippen molar-refractivity contribution in [2.24, 2.45) is 0 Å². The van der Waals surface area contributed by atoms with Crippen LogP contribution >= 0.6 is 11.6 Å². The molecular formula is C16H23ClN2O3. The first-order valence-electron chi connectivity index (χ1n) is 7.47. The summed E-state index contributed by atoms with van der Waals surface area (Å²) in [6.07, 6.45) is 2.82. The van der Waals surface area contributed by atoms with Gasteiger partial charge in [-0.2, -0.15) is 0 Å². The lowest BCUT2D eigenvalue weighted by molar-refractivity contribution is -0.136. The molecule has 0 bridgehead atoms. The number of aryl methyl sites for hydroxylation is 1. The highest BCUT2D eigenvalue weighted by Gasteiger charge is 2.13. The SMILES string of the molecule is CCCCOCCCNC(=O)C(=O)Nc1ccc(Cl)cc1C. The molecular weight excluding hydrogens is 304 g/mol. The molecule has 0 unspecified atom stereocenters. The lowest BCUT2D eigenvalue weighted by Crippen LogP contribution is -2.36. The standard InChI is InChI=1S/C16H23ClN2O3/c1-3-4-9-22-10-5-8-18-15(20)16(21)19-14-7-6-13(17)11-12(14)2/h6-7,11H,3-5,8-10H2,1-2H3,(H,18,20)(H,19,21). The molecule has 6 heteroatoms. The van der Waals surface area contributed by atoms with Crippen LogP contribution in [0, 0.1) is 6.92 Å². The molecule has 5 nitrogen and oxygen atoms in total. The van der Waals surface area contributed by atoms with Gasteiger partial charge in [-0.15, -0.1) is 0 Å². The van der Waals surface area contributed by atoms with E-state index < -0.39 is 11.8 Å². The maximum absolute atomic E-state index is 11.8. The van der Waals surface area contributed by atoms with Crippen LogP contribution in [0.4, 0.5) is 5.69 Å². The zero-order valence-electron chi connectivity index (χ0n) is 13.1. The summed E-state index contributed by atoms with van der Waals surface area (Å²) in [6, 6.07) is 5.06. The van der Waals surface area contributed by atoms with Gasteiger partial charge in [0.1, 0.15) is 0 Å². The summed E-state index contributed by atoms with van der Waals surface area (Å²) in [5, 5.41) is 5.72. The summed E-state index contributed by atoms with van der Waals surface area (Å²) in [4.78, 5) is 23.4. The predicted molar refractivity (Wildman–Crippen MR) is 88.2 cm³/mol. The molecule has 0 heterocycles. The molecule has 122 valence electrons. The maximum atomic E-state index is 11.8. The molecule has 0 aromatic heterocycles. The minimum absolute atomic E-state index is 0.415. The Morgan fingerprint density at radius 2 is 1.91 bits per heavy atom. The van der Waals surface area contributed by atoms with Gasteiger partial charge in [0, 0.05) is 30.5 Å². The van der Waals surface area contributed by atoms with Gasteiger partial charge in [-0.05, 0) is 43.5 Å². The first-order chi connectivity index (χ1) is 10.5. The molecule has 0 fully saturated rings. The molecule has 22 heavy (non-hydrogen) atoms. The second-order valence-electron chi connectivity index (χ2n) is 4.99. The van der Waals surface area contributed by atoms with Crippen LogP contribution in [0.5, 0.6) is 0 Å². The lowest BCUT2D eigenvalue weighted by Gasteiger charge is -2.09. The van der Waals surface area contributed by atoms with E-state index in [1.807, 2.05) is 6.92 Å².